The summed E-state index contributed by atoms with van der Waals surface area (Å²) < 4.78 is 16.1. The van der Waals surface area contributed by atoms with Crippen LogP contribution < -0.4 is 4.57 Å². The quantitative estimate of drug-likeness (QED) is 0.594. The zero-order valence-electron chi connectivity index (χ0n) is 9.37. The predicted octanol–water partition coefficient (Wildman–Crippen LogP) is 2.88. The maximum atomic E-state index is 13.9. The van der Waals surface area contributed by atoms with E-state index in [0.717, 1.165) is 16.8 Å². The second-order valence-electron chi connectivity index (χ2n) is 4.68. The summed E-state index contributed by atoms with van der Waals surface area (Å²) >= 11 is 0. The van der Waals surface area contributed by atoms with Crippen LogP contribution in [-0.2, 0) is 5.54 Å². The zero-order chi connectivity index (χ0) is 11.3. The van der Waals surface area contributed by atoms with Gasteiger partial charge in [-0.05, 0) is 18.2 Å². The zero-order valence-corrected chi connectivity index (χ0v) is 9.37. The summed E-state index contributed by atoms with van der Waals surface area (Å²) in [4.78, 5) is 0. The van der Waals surface area contributed by atoms with Crippen LogP contribution in [0.15, 0.2) is 42.6 Å². The van der Waals surface area contributed by atoms with Crippen molar-refractivity contribution in [3.63, 3.8) is 0 Å². The fourth-order valence-corrected chi connectivity index (χ4v) is 2.63. The molecule has 0 radical (unpaired) electrons. The fourth-order valence-electron chi connectivity index (χ4n) is 2.63. The molecule has 0 unspecified atom stereocenters. The molecule has 0 fully saturated rings. The second kappa shape index (κ2) is 2.91. The van der Waals surface area contributed by atoms with Crippen molar-refractivity contribution in [3.05, 3.63) is 54.0 Å². The van der Waals surface area contributed by atoms with E-state index in [2.05, 4.69) is 4.57 Å². The van der Waals surface area contributed by atoms with Crippen LogP contribution in [-0.4, -0.2) is 0 Å². The molecule has 16 heavy (non-hydrogen) atoms. The Kier molecular flexibility index (Phi) is 1.73. The molecule has 2 heteroatoms. The molecule has 0 saturated carbocycles. The largest absolute Gasteiger partial charge is 0.213 e. The first-order chi connectivity index (χ1) is 7.62. The standard InChI is InChI=1S/C14H13FN/c1-14(2)13-10(6-5-7-11(13)15)12-8-3-4-9-16(12)14/h3-9H,1-2H3/q+1. The third-order valence-electron chi connectivity index (χ3n) is 3.36. The molecule has 2 aromatic rings. The molecular weight excluding hydrogens is 201 g/mol. The minimum atomic E-state index is -0.308. The first kappa shape index (κ1) is 9.52. The third-order valence-corrected chi connectivity index (χ3v) is 3.36. The summed E-state index contributed by atoms with van der Waals surface area (Å²) in [5, 5.41) is 0. The van der Waals surface area contributed by atoms with Crippen molar-refractivity contribution in [3.8, 4) is 11.3 Å². The van der Waals surface area contributed by atoms with E-state index in [0.29, 0.717) is 0 Å². The number of rotatable bonds is 0. The molecule has 0 atom stereocenters. The molecule has 1 aliphatic heterocycles. The topological polar surface area (TPSA) is 3.88 Å². The molecule has 3 rings (SSSR count). The SMILES string of the molecule is CC1(C)c2c(F)cccc2-c2cccc[n+]21. The maximum Gasteiger partial charge on any atom is 0.213 e. The van der Waals surface area contributed by atoms with Gasteiger partial charge in [-0.1, -0.05) is 6.07 Å². The minimum Gasteiger partial charge on any atom is -0.206 e. The molecule has 0 amide bonds. The monoisotopic (exact) mass is 214 g/mol. The lowest BCUT2D eigenvalue weighted by Crippen LogP contribution is -2.50. The maximum absolute atomic E-state index is 13.9. The Morgan fingerprint density at radius 3 is 2.69 bits per heavy atom. The van der Waals surface area contributed by atoms with Gasteiger partial charge in [-0.2, -0.15) is 4.57 Å². The van der Waals surface area contributed by atoms with Crippen molar-refractivity contribution >= 4 is 0 Å². The molecule has 2 heterocycles. The van der Waals surface area contributed by atoms with Crippen LogP contribution >= 0.6 is 0 Å². The Labute approximate surface area is 94.2 Å². The second-order valence-corrected chi connectivity index (χ2v) is 4.68. The van der Waals surface area contributed by atoms with Gasteiger partial charge in [-0.15, -0.1) is 0 Å². The number of halogens is 1. The molecule has 0 bridgehead atoms. The van der Waals surface area contributed by atoms with Crippen LogP contribution in [0, 0.1) is 5.82 Å². The van der Waals surface area contributed by atoms with E-state index in [4.69, 9.17) is 0 Å². The number of fused-ring (bicyclic) bond motifs is 3. The molecule has 0 N–H and O–H groups in total. The lowest BCUT2D eigenvalue weighted by molar-refractivity contribution is -0.731. The summed E-state index contributed by atoms with van der Waals surface area (Å²) in [6.45, 7) is 4.09. The van der Waals surface area contributed by atoms with Crippen LogP contribution in [0.3, 0.4) is 0 Å². The Balaban J connectivity index is 2.44. The van der Waals surface area contributed by atoms with Crippen molar-refractivity contribution in [2.45, 2.75) is 19.4 Å². The van der Waals surface area contributed by atoms with Gasteiger partial charge in [-0.25, -0.2) is 4.39 Å². The number of hydrogen-bond donors (Lipinski definition) is 0. The van der Waals surface area contributed by atoms with Crippen molar-refractivity contribution in [1.82, 2.24) is 0 Å². The summed E-state index contributed by atoms with van der Waals surface area (Å²) in [5.41, 5.74) is 2.57. The van der Waals surface area contributed by atoms with Gasteiger partial charge in [0.25, 0.3) is 0 Å². The highest BCUT2D eigenvalue weighted by Gasteiger charge is 2.45. The Bertz CT molecular complexity index is 573. The van der Waals surface area contributed by atoms with E-state index in [-0.39, 0.29) is 11.4 Å². The molecule has 1 nitrogen and oxygen atoms in total. The van der Waals surface area contributed by atoms with Gasteiger partial charge in [-0.3, -0.25) is 0 Å². The van der Waals surface area contributed by atoms with E-state index >= 15 is 0 Å². The molecule has 0 saturated heterocycles. The average Bonchev–Trinajstić information content (AvgIpc) is 2.50. The van der Waals surface area contributed by atoms with Gasteiger partial charge in [0.15, 0.2) is 11.7 Å². The fraction of sp³-hybridized carbons (Fsp3) is 0.214. The minimum absolute atomic E-state index is 0.119. The van der Waals surface area contributed by atoms with Gasteiger partial charge in [0.05, 0.1) is 11.1 Å². The number of aromatic nitrogens is 1. The molecule has 1 aromatic heterocycles. The lowest BCUT2D eigenvalue weighted by atomic mass is 9.93. The van der Waals surface area contributed by atoms with Gasteiger partial charge < -0.3 is 0 Å². The van der Waals surface area contributed by atoms with Crippen LogP contribution in [0.5, 0.6) is 0 Å². The normalized spacial score (nSPS) is 15.7. The smallest absolute Gasteiger partial charge is 0.206 e. The third kappa shape index (κ3) is 1.02. The summed E-state index contributed by atoms with van der Waals surface area (Å²) in [6.07, 6.45) is 2.01. The van der Waals surface area contributed by atoms with E-state index in [1.807, 2.05) is 44.3 Å². The van der Waals surface area contributed by atoms with Crippen molar-refractivity contribution in [1.29, 1.82) is 0 Å². The van der Waals surface area contributed by atoms with Gasteiger partial charge in [0, 0.05) is 26.0 Å². The molecule has 0 spiro atoms. The Morgan fingerprint density at radius 2 is 1.88 bits per heavy atom. The van der Waals surface area contributed by atoms with Crippen molar-refractivity contribution < 1.29 is 8.96 Å². The molecule has 80 valence electrons. The van der Waals surface area contributed by atoms with Crippen molar-refractivity contribution in [2.75, 3.05) is 0 Å². The highest BCUT2D eigenvalue weighted by Crippen LogP contribution is 2.38. The molecule has 0 aliphatic carbocycles. The molecule has 1 aliphatic rings. The van der Waals surface area contributed by atoms with E-state index in [1.165, 1.54) is 6.07 Å². The van der Waals surface area contributed by atoms with E-state index in [1.54, 1.807) is 6.07 Å². The van der Waals surface area contributed by atoms with Gasteiger partial charge >= 0.3 is 0 Å². The molecule has 1 aromatic carbocycles. The number of pyridine rings is 1. The van der Waals surface area contributed by atoms with E-state index < -0.39 is 0 Å². The summed E-state index contributed by atoms with van der Waals surface area (Å²) in [6, 6.07) is 11.3. The highest BCUT2D eigenvalue weighted by atomic mass is 19.1. The van der Waals surface area contributed by atoms with Crippen LogP contribution in [0.4, 0.5) is 4.39 Å². The highest BCUT2D eigenvalue weighted by molar-refractivity contribution is 5.65. The first-order valence-electron chi connectivity index (χ1n) is 5.43. The van der Waals surface area contributed by atoms with Crippen molar-refractivity contribution in [2.24, 2.45) is 0 Å². The van der Waals surface area contributed by atoms with Crippen LogP contribution in [0.25, 0.3) is 11.3 Å². The number of nitrogens with zero attached hydrogens (tertiary/aromatic N) is 1. The summed E-state index contributed by atoms with van der Waals surface area (Å²) in [5.74, 6) is -0.119. The summed E-state index contributed by atoms with van der Waals surface area (Å²) in [7, 11) is 0. The Hall–Kier alpha value is -1.70. The van der Waals surface area contributed by atoms with Gasteiger partial charge in [0.1, 0.15) is 5.82 Å². The van der Waals surface area contributed by atoms with Gasteiger partial charge in [0.2, 0.25) is 5.69 Å². The number of hydrogen-bond acceptors (Lipinski definition) is 0. The number of benzene rings is 1. The van der Waals surface area contributed by atoms with Crippen LogP contribution in [0.1, 0.15) is 19.4 Å². The lowest BCUT2D eigenvalue weighted by Gasteiger charge is -2.14. The predicted molar refractivity (Wildman–Crippen MR) is 60.5 cm³/mol. The van der Waals surface area contributed by atoms with E-state index in [9.17, 15) is 4.39 Å². The van der Waals surface area contributed by atoms with Crippen LogP contribution in [0.2, 0.25) is 0 Å². The average molecular weight is 214 g/mol. The Morgan fingerprint density at radius 1 is 1.06 bits per heavy atom. The first-order valence-corrected chi connectivity index (χ1v) is 5.43. The molecular formula is C14H13FN+.